The zero-order chi connectivity index (χ0) is 17.8. The Bertz CT molecular complexity index is 593. The van der Waals surface area contributed by atoms with Crippen molar-refractivity contribution in [1.29, 1.82) is 0 Å². The molecule has 1 rings (SSSR count). The summed E-state index contributed by atoms with van der Waals surface area (Å²) >= 11 is 0. The molecule has 0 aromatic heterocycles. The molecular weight excluding hydrogens is 371 g/mol. The monoisotopic (exact) mass is 384 g/mol. The lowest BCUT2D eigenvalue weighted by Gasteiger charge is -2.05. The number of nitrogens with one attached hydrogen (secondary N) is 1. The fourth-order valence-electron chi connectivity index (χ4n) is 1.30. The maximum atomic E-state index is 11.5. The predicted octanol–water partition coefficient (Wildman–Crippen LogP) is 3.13. The highest BCUT2D eigenvalue weighted by atomic mass is 36.0. The van der Waals surface area contributed by atoms with Crippen molar-refractivity contribution in [3.05, 3.63) is 40.7 Å². The molecule has 0 saturated heterocycles. The van der Waals surface area contributed by atoms with Crippen LogP contribution in [-0.2, 0) is 18.8 Å². The highest BCUT2D eigenvalue weighted by Crippen LogP contribution is 2.29. The molecule has 0 aliphatic rings. The summed E-state index contributed by atoms with van der Waals surface area (Å²) in [7, 11) is 8.68. The first-order valence-electron chi connectivity index (χ1n) is 5.97. The first-order chi connectivity index (χ1) is 10.8. The molecule has 0 unspecified atom stereocenters. The fraction of sp³-hybridized carbons (Fsp3) is 0.250. The number of methoxy groups -OCH3 is 1. The van der Waals surface area contributed by atoms with Crippen LogP contribution in [0.25, 0.3) is 0 Å². The molecule has 0 radical (unpaired) electrons. The van der Waals surface area contributed by atoms with E-state index < -0.39 is 20.1 Å². The third kappa shape index (κ3) is 9.72. The van der Waals surface area contributed by atoms with E-state index in [1.54, 1.807) is 6.92 Å². The quantitative estimate of drug-likeness (QED) is 0.265. The molecule has 0 aliphatic heterocycles. The van der Waals surface area contributed by atoms with Gasteiger partial charge < -0.3 is 14.8 Å². The van der Waals surface area contributed by atoms with E-state index in [1.165, 1.54) is 37.6 Å². The number of nitro groups is 1. The van der Waals surface area contributed by atoms with Crippen LogP contribution in [-0.4, -0.2) is 28.8 Å². The molecule has 0 atom stereocenters. The normalized spacial score (nSPS) is 9.96. The average Bonchev–Trinajstić information content (AvgIpc) is 2.46. The number of hydrogen-bond donors (Lipinski definition) is 1. The summed E-state index contributed by atoms with van der Waals surface area (Å²) in [5.41, 5.74) is 0.235. The summed E-state index contributed by atoms with van der Waals surface area (Å²) in [4.78, 5) is 21.6. The first kappa shape index (κ1) is 21.2. The molecule has 11 heteroatoms. The van der Waals surface area contributed by atoms with Gasteiger partial charge >= 0.3 is 5.69 Å². The number of anilines is 1. The van der Waals surface area contributed by atoms with Gasteiger partial charge in [-0.1, -0.05) is 0 Å². The van der Waals surface area contributed by atoms with E-state index in [-0.39, 0.29) is 11.4 Å². The molecule has 8 nitrogen and oxygen atoms in total. The van der Waals surface area contributed by atoms with Gasteiger partial charge in [-0.2, -0.15) is 0 Å². The van der Waals surface area contributed by atoms with E-state index in [2.05, 4.69) is 26.7 Å². The summed E-state index contributed by atoms with van der Waals surface area (Å²) in [6.07, 6.45) is 2.50. The smallest absolute Gasteiger partial charge is 0.311 e. The van der Waals surface area contributed by atoms with Crippen LogP contribution in [0.4, 0.5) is 11.4 Å². The van der Waals surface area contributed by atoms with E-state index >= 15 is 0 Å². The lowest BCUT2D eigenvalue weighted by molar-refractivity contribution is -0.385. The molecule has 1 amide bonds. The Kier molecular flexibility index (Phi) is 10.8. The van der Waals surface area contributed by atoms with Gasteiger partial charge in [0, 0.05) is 45.3 Å². The highest BCUT2D eigenvalue weighted by Gasteiger charge is 2.14. The van der Waals surface area contributed by atoms with Gasteiger partial charge in [-0.05, 0) is 13.0 Å². The van der Waals surface area contributed by atoms with E-state index in [1.807, 2.05) is 0 Å². The fourth-order valence-corrected chi connectivity index (χ4v) is 1.30. The van der Waals surface area contributed by atoms with E-state index in [0.29, 0.717) is 12.3 Å². The van der Waals surface area contributed by atoms with E-state index in [0.717, 1.165) is 0 Å². The van der Waals surface area contributed by atoms with Crippen molar-refractivity contribution in [2.24, 2.45) is 0 Å². The van der Waals surface area contributed by atoms with Gasteiger partial charge in [-0.3, -0.25) is 14.9 Å². The SMILES string of the molecule is CCO/C=C/C(=O)Nc1ccc([N+](=O)[O-])c(OC)c1.O=S(Cl)Cl. The summed E-state index contributed by atoms with van der Waals surface area (Å²) in [6, 6.07) is 4.07. The Balaban J connectivity index is 0.00000108. The zero-order valence-electron chi connectivity index (χ0n) is 12.2. The van der Waals surface area contributed by atoms with Gasteiger partial charge in [0.15, 0.2) is 5.75 Å². The van der Waals surface area contributed by atoms with Gasteiger partial charge in [0.05, 0.1) is 24.9 Å². The van der Waals surface area contributed by atoms with Crippen molar-refractivity contribution in [2.45, 2.75) is 6.92 Å². The standard InChI is InChI=1S/C12H14N2O5.Cl2OS/c1-3-19-7-6-12(15)13-9-4-5-10(14(16)17)11(8-9)18-2;1-4(2)3/h4-8H,3H2,1-2H3,(H,13,15);/b7-6+;. The Morgan fingerprint density at radius 1 is 1.48 bits per heavy atom. The zero-order valence-corrected chi connectivity index (χ0v) is 14.5. The molecule has 0 saturated carbocycles. The first-order valence-corrected chi connectivity index (χ1v) is 8.77. The largest absolute Gasteiger partial charge is 0.501 e. The number of halogens is 2. The molecule has 1 N–H and O–H groups in total. The molecule has 0 fully saturated rings. The summed E-state index contributed by atoms with van der Waals surface area (Å²) in [6.45, 7) is 2.26. The Hall–Kier alpha value is -1.84. The number of rotatable bonds is 6. The molecule has 128 valence electrons. The van der Waals surface area contributed by atoms with Crippen molar-refractivity contribution in [1.82, 2.24) is 0 Å². The summed E-state index contributed by atoms with van der Waals surface area (Å²) in [5.74, 6) is -0.319. The number of benzene rings is 1. The Morgan fingerprint density at radius 3 is 2.57 bits per heavy atom. The topological polar surface area (TPSA) is 108 Å². The van der Waals surface area contributed by atoms with Crippen LogP contribution in [0.1, 0.15) is 6.92 Å². The van der Waals surface area contributed by atoms with Crippen LogP contribution in [0, 0.1) is 10.1 Å². The van der Waals surface area contributed by atoms with Crippen LogP contribution in [0.2, 0.25) is 0 Å². The van der Waals surface area contributed by atoms with Crippen LogP contribution < -0.4 is 10.1 Å². The number of amides is 1. The van der Waals surface area contributed by atoms with Gasteiger partial charge in [0.25, 0.3) is 5.91 Å². The molecule has 0 aliphatic carbocycles. The summed E-state index contributed by atoms with van der Waals surface area (Å²) < 4.78 is 18.9. The average molecular weight is 385 g/mol. The van der Waals surface area contributed by atoms with E-state index in [4.69, 9.17) is 13.7 Å². The van der Waals surface area contributed by atoms with Crippen LogP contribution in [0.3, 0.4) is 0 Å². The number of hydrogen-bond acceptors (Lipinski definition) is 6. The van der Waals surface area contributed by atoms with Crippen molar-refractivity contribution in [2.75, 3.05) is 19.0 Å². The Labute approximate surface area is 144 Å². The number of ether oxygens (including phenoxy) is 2. The third-order valence-electron chi connectivity index (χ3n) is 2.13. The minimum absolute atomic E-state index is 0.0802. The molecule has 1 aromatic rings. The number of carbonyl (C=O) groups is 1. The van der Waals surface area contributed by atoms with Crippen molar-refractivity contribution < 1.29 is 23.4 Å². The van der Waals surface area contributed by atoms with Crippen molar-refractivity contribution in [3.63, 3.8) is 0 Å². The van der Waals surface area contributed by atoms with E-state index in [9.17, 15) is 14.9 Å². The molecule has 0 spiro atoms. The number of nitrogens with zero attached hydrogens (tertiary/aromatic N) is 1. The second kappa shape index (κ2) is 11.7. The highest BCUT2D eigenvalue weighted by molar-refractivity contribution is 8.26. The van der Waals surface area contributed by atoms with Crippen LogP contribution in [0.5, 0.6) is 5.75 Å². The summed E-state index contributed by atoms with van der Waals surface area (Å²) in [5, 5.41) is 13.2. The lowest BCUT2D eigenvalue weighted by atomic mass is 10.2. The third-order valence-corrected chi connectivity index (χ3v) is 2.13. The number of carbonyl (C=O) groups excluding carboxylic acids is 1. The number of nitro benzene ring substituents is 1. The molecule has 0 bridgehead atoms. The van der Waals surface area contributed by atoms with Gasteiger partial charge in [-0.25, -0.2) is 4.21 Å². The maximum absolute atomic E-state index is 11.5. The van der Waals surface area contributed by atoms with Crippen LogP contribution >= 0.6 is 21.4 Å². The second-order valence-electron chi connectivity index (χ2n) is 3.58. The molecule has 1 aromatic carbocycles. The Morgan fingerprint density at radius 2 is 2.09 bits per heavy atom. The second-order valence-corrected chi connectivity index (χ2v) is 6.10. The van der Waals surface area contributed by atoms with Gasteiger partial charge in [0.1, 0.15) is 0 Å². The van der Waals surface area contributed by atoms with Crippen LogP contribution in [0.15, 0.2) is 30.5 Å². The predicted molar refractivity (Wildman–Crippen MR) is 88.9 cm³/mol. The van der Waals surface area contributed by atoms with Crippen molar-refractivity contribution >= 4 is 47.9 Å². The van der Waals surface area contributed by atoms with Gasteiger partial charge in [0.2, 0.25) is 9.23 Å². The maximum Gasteiger partial charge on any atom is 0.311 e. The molecule has 0 heterocycles. The molecular formula is C12H14Cl2N2O6S. The minimum Gasteiger partial charge on any atom is -0.501 e. The lowest BCUT2D eigenvalue weighted by Crippen LogP contribution is -2.08. The van der Waals surface area contributed by atoms with Gasteiger partial charge in [-0.15, -0.1) is 0 Å². The van der Waals surface area contributed by atoms with Crippen molar-refractivity contribution in [3.8, 4) is 5.75 Å². The molecule has 23 heavy (non-hydrogen) atoms. The minimum atomic E-state index is -1.67.